The standard InChI is InChI=1S/C15H14N2O2S2/c1-2-8-19-12-6-3-5-11(10-12)16-15(20)17-14(18)13-7-4-9-21-13/h2-7,9-10H,1,8H2,(H2,16,17,18,20). The van der Waals surface area contributed by atoms with Gasteiger partial charge in [-0.1, -0.05) is 24.8 Å². The van der Waals surface area contributed by atoms with Crippen LogP contribution in [0.2, 0.25) is 0 Å². The molecule has 1 heterocycles. The van der Waals surface area contributed by atoms with Gasteiger partial charge in [0.25, 0.3) is 5.91 Å². The smallest absolute Gasteiger partial charge is 0.267 e. The Balaban J connectivity index is 1.93. The van der Waals surface area contributed by atoms with Crippen LogP contribution in [-0.2, 0) is 0 Å². The van der Waals surface area contributed by atoms with Crippen LogP contribution in [0.1, 0.15) is 9.67 Å². The highest BCUT2D eigenvalue weighted by molar-refractivity contribution is 7.80. The fourth-order valence-corrected chi connectivity index (χ4v) is 2.38. The summed E-state index contributed by atoms with van der Waals surface area (Å²) in [5.41, 5.74) is 0.744. The molecule has 0 saturated heterocycles. The molecule has 1 aromatic carbocycles. The lowest BCUT2D eigenvalue weighted by Gasteiger charge is -2.10. The maximum atomic E-state index is 11.9. The van der Waals surface area contributed by atoms with Crippen LogP contribution in [-0.4, -0.2) is 17.6 Å². The second kappa shape index (κ2) is 7.56. The Kier molecular flexibility index (Phi) is 5.48. The first-order chi connectivity index (χ1) is 10.2. The van der Waals surface area contributed by atoms with Gasteiger partial charge in [-0.2, -0.15) is 0 Å². The van der Waals surface area contributed by atoms with Gasteiger partial charge in [-0.15, -0.1) is 11.3 Å². The lowest BCUT2D eigenvalue weighted by molar-refractivity contribution is 0.0981. The van der Waals surface area contributed by atoms with E-state index in [4.69, 9.17) is 17.0 Å². The Morgan fingerprint density at radius 1 is 1.38 bits per heavy atom. The number of hydrogen-bond acceptors (Lipinski definition) is 4. The Hall–Kier alpha value is -2.18. The first-order valence-corrected chi connectivity index (χ1v) is 7.47. The highest BCUT2D eigenvalue weighted by Crippen LogP contribution is 2.17. The lowest BCUT2D eigenvalue weighted by Crippen LogP contribution is -2.33. The van der Waals surface area contributed by atoms with Gasteiger partial charge in [0.2, 0.25) is 0 Å². The molecule has 1 amide bonds. The highest BCUT2D eigenvalue weighted by Gasteiger charge is 2.08. The molecule has 0 aliphatic rings. The van der Waals surface area contributed by atoms with Crippen LogP contribution in [0.5, 0.6) is 5.75 Å². The van der Waals surface area contributed by atoms with Crippen LogP contribution in [0.4, 0.5) is 5.69 Å². The van der Waals surface area contributed by atoms with Gasteiger partial charge >= 0.3 is 0 Å². The second-order valence-electron chi connectivity index (χ2n) is 4.01. The fraction of sp³-hybridized carbons (Fsp3) is 0.0667. The van der Waals surface area contributed by atoms with Crippen LogP contribution in [0.3, 0.4) is 0 Å². The average Bonchev–Trinajstić information content (AvgIpc) is 2.99. The third kappa shape index (κ3) is 4.70. The molecule has 21 heavy (non-hydrogen) atoms. The van der Waals surface area contributed by atoms with Crippen LogP contribution in [0.25, 0.3) is 0 Å². The van der Waals surface area contributed by atoms with Crippen molar-refractivity contribution in [3.8, 4) is 5.75 Å². The van der Waals surface area contributed by atoms with Crippen molar-refractivity contribution in [3.63, 3.8) is 0 Å². The van der Waals surface area contributed by atoms with E-state index < -0.39 is 0 Å². The zero-order valence-electron chi connectivity index (χ0n) is 11.2. The lowest BCUT2D eigenvalue weighted by atomic mass is 10.3. The molecule has 2 rings (SSSR count). The summed E-state index contributed by atoms with van der Waals surface area (Å²) >= 11 is 6.48. The zero-order valence-corrected chi connectivity index (χ0v) is 12.8. The number of benzene rings is 1. The zero-order chi connectivity index (χ0) is 15.1. The van der Waals surface area contributed by atoms with Crippen LogP contribution in [0.15, 0.2) is 54.4 Å². The van der Waals surface area contributed by atoms with Crippen LogP contribution >= 0.6 is 23.6 Å². The molecule has 1 aromatic heterocycles. The maximum absolute atomic E-state index is 11.9. The van der Waals surface area contributed by atoms with Gasteiger partial charge in [0.05, 0.1) is 4.88 Å². The molecule has 6 heteroatoms. The summed E-state index contributed by atoms with van der Waals surface area (Å²) in [6, 6.07) is 10.9. The van der Waals surface area contributed by atoms with Crippen molar-refractivity contribution in [1.82, 2.24) is 5.32 Å². The number of rotatable bonds is 5. The minimum absolute atomic E-state index is 0.221. The summed E-state index contributed by atoms with van der Waals surface area (Å²) < 4.78 is 5.43. The summed E-state index contributed by atoms with van der Waals surface area (Å²) in [5.74, 6) is 0.480. The number of amides is 1. The van der Waals surface area contributed by atoms with E-state index in [-0.39, 0.29) is 11.0 Å². The number of ether oxygens (including phenoxy) is 1. The van der Waals surface area contributed by atoms with E-state index in [0.717, 1.165) is 5.69 Å². The van der Waals surface area contributed by atoms with Crippen LogP contribution in [0, 0.1) is 0 Å². The molecule has 2 aromatic rings. The Labute approximate surface area is 132 Å². The first-order valence-electron chi connectivity index (χ1n) is 6.18. The molecule has 0 saturated carbocycles. The van der Waals surface area contributed by atoms with Crippen molar-refractivity contribution in [1.29, 1.82) is 0 Å². The summed E-state index contributed by atoms with van der Waals surface area (Å²) in [4.78, 5) is 12.5. The van der Waals surface area contributed by atoms with E-state index in [0.29, 0.717) is 17.2 Å². The van der Waals surface area contributed by atoms with Crippen molar-refractivity contribution in [3.05, 3.63) is 59.3 Å². The molecule has 0 atom stereocenters. The molecule has 108 valence electrons. The number of thiocarbonyl (C=S) groups is 1. The summed E-state index contributed by atoms with van der Waals surface area (Å²) in [6.45, 7) is 4.03. The predicted molar refractivity (Wildman–Crippen MR) is 90.1 cm³/mol. The highest BCUT2D eigenvalue weighted by atomic mass is 32.1. The predicted octanol–water partition coefficient (Wildman–Crippen LogP) is 3.44. The van der Waals surface area contributed by atoms with E-state index in [1.54, 1.807) is 18.2 Å². The van der Waals surface area contributed by atoms with E-state index in [2.05, 4.69) is 17.2 Å². The van der Waals surface area contributed by atoms with Gasteiger partial charge in [-0.05, 0) is 35.8 Å². The number of carbonyl (C=O) groups is 1. The largest absolute Gasteiger partial charge is 0.489 e. The van der Waals surface area contributed by atoms with Crippen molar-refractivity contribution in [2.45, 2.75) is 0 Å². The van der Waals surface area contributed by atoms with Crippen molar-refractivity contribution >= 4 is 40.3 Å². The molecule has 2 N–H and O–H groups in total. The molecule has 0 radical (unpaired) electrons. The van der Waals surface area contributed by atoms with Gasteiger partial charge in [-0.3, -0.25) is 10.1 Å². The SMILES string of the molecule is C=CCOc1cccc(NC(=S)NC(=O)c2cccs2)c1. The number of carbonyl (C=O) groups excluding carboxylic acids is 1. The molecule has 0 bridgehead atoms. The summed E-state index contributed by atoms with van der Waals surface area (Å²) in [7, 11) is 0. The number of anilines is 1. The van der Waals surface area contributed by atoms with E-state index in [1.165, 1.54) is 11.3 Å². The van der Waals surface area contributed by atoms with Gasteiger partial charge in [-0.25, -0.2) is 0 Å². The van der Waals surface area contributed by atoms with E-state index >= 15 is 0 Å². The van der Waals surface area contributed by atoms with Gasteiger partial charge in [0, 0.05) is 11.8 Å². The Morgan fingerprint density at radius 2 is 2.24 bits per heavy atom. The van der Waals surface area contributed by atoms with Crippen molar-refractivity contribution < 1.29 is 9.53 Å². The van der Waals surface area contributed by atoms with Gasteiger partial charge in [0.1, 0.15) is 12.4 Å². The van der Waals surface area contributed by atoms with Gasteiger partial charge < -0.3 is 10.1 Å². The maximum Gasteiger partial charge on any atom is 0.267 e. The number of hydrogen-bond donors (Lipinski definition) is 2. The van der Waals surface area contributed by atoms with Crippen molar-refractivity contribution in [2.24, 2.45) is 0 Å². The second-order valence-corrected chi connectivity index (χ2v) is 5.37. The minimum Gasteiger partial charge on any atom is -0.489 e. The summed E-state index contributed by atoms with van der Waals surface area (Å²) in [6.07, 6.45) is 1.67. The van der Waals surface area contributed by atoms with Crippen LogP contribution < -0.4 is 15.4 Å². The van der Waals surface area contributed by atoms with E-state index in [1.807, 2.05) is 29.6 Å². The molecule has 0 aliphatic carbocycles. The topological polar surface area (TPSA) is 50.4 Å². The molecular weight excluding hydrogens is 304 g/mol. The Morgan fingerprint density at radius 3 is 2.95 bits per heavy atom. The molecule has 0 aliphatic heterocycles. The van der Waals surface area contributed by atoms with Crippen molar-refractivity contribution in [2.75, 3.05) is 11.9 Å². The molecule has 0 unspecified atom stereocenters. The number of nitrogens with one attached hydrogen (secondary N) is 2. The third-order valence-electron chi connectivity index (χ3n) is 2.43. The molecular formula is C15H14N2O2S2. The van der Waals surface area contributed by atoms with E-state index in [9.17, 15) is 4.79 Å². The Bertz CT molecular complexity index is 639. The molecule has 0 spiro atoms. The number of thiophene rings is 1. The normalized spacial score (nSPS) is 9.71. The first kappa shape index (κ1) is 15.2. The quantitative estimate of drug-likeness (QED) is 0.655. The monoisotopic (exact) mass is 318 g/mol. The molecule has 0 fully saturated rings. The molecule has 4 nitrogen and oxygen atoms in total. The third-order valence-corrected chi connectivity index (χ3v) is 3.50. The fourth-order valence-electron chi connectivity index (χ4n) is 1.55. The average molecular weight is 318 g/mol. The van der Waals surface area contributed by atoms with Gasteiger partial charge in [0.15, 0.2) is 5.11 Å². The minimum atomic E-state index is -0.221. The summed E-state index contributed by atoms with van der Waals surface area (Å²) in [5, 5.41) is 7.66.